The van der Waals surface area contributed by atoms with Crippen molar-refractivity contribution in [1.29, 1.82) is 0 Å². The van der Waals surface area contributed by atoms with Crippen molar-refractivity contribution in [2.45, 2.75) is 21.6 Å². The highest BCUT2D eigenvalue weighted by Crippen LogP contribution is 2.27. The van der Waals surface area contributed by atoms with Crippen molar-refractivity contribution >= 4 is 30.4 Å². The Morgan fingerprint density at radius 2 is 1.05 bits per heavy atom. The summed E-state index contributed by atoms with van der Waals surface area (Å²) >= 11 is 0. The van der Waals surface area contributed by atoms with E-state index in [1.54, 1.807) is 0 Å². The van der Waals surface area contributed by atoms with Crippen LogP contribution in [0.4, 0.5) is 0 Å². The third-order valence-electron chi connectivity index (χ3n) is 2.14. The molecular weight excluding hydrogens is 324 g/mol. The summed E-state index contributed by atoms with van der Waals surface area (Å²) in [4.78, 5) is -3.22. The molecule has 0 bridgehead atoms. The normalized spacial score (nSPS) is 13.5. The van der Waals surface area contributed by atoms with Gasteiger partial charge in [0.25, 0.3) is 30.4 Å². The maximum Gasteiger partial charge on any atom is 0.294 e. The Labute approximate surface area is 109 Å². The minimum atomic E-state index is -4.95. The summed E-state index contributed by atoms with van der Waals surface area (Å²) in [6, 6.07) is 0.739. The summed E-state index contributed by atoms with van der Waals surface area (Å²) in [5.74, 6) is 0. The Kier molecular flexibility index (Phi) is 3.79. The molecular formula is C7H8O9S3. The predicted molar refractivity (Wildman–Crippen MR) is 60.6 cm³/mol. The van der Waals surface area contributed by atoms with E-state index in [4.69, 9.17) is 13.7 Å². The van der Waals surface area contributed by atoms with E-state index in [9.17, 15) is 25.3 Å². The van der Waals surface area contributed by atoms with Crippen molar-refractivity contribution in [3.05, 3.63) is 17.7 Å². The van der Waals surface area contributed by atoms with E-state index in [1.807, 2.05) is 0 Å². The average molecular weight is 332 g/mol. The smallest absolute Gasteiger partial charge is 0.282 e. The molecule has 0 aliphatic rings. The van der Waals surface area contributed by atoms with Gasteiger partial charge in [0.15, 0.2) is 0 Å². The molecule has 0 spiro atoms. The van der Waals surface area contributed by atoms with Crippen molar-refractivity contribution in [3.8, 4) is 0 Å². The highest BCUT2D eigenvalue weighted by Gasteiger charge is 2.26. The van der Waals surface area contributed by atoms with Crippen LogP contribution in [0.2, 0.25) is 0 Å². The highest BCUT2D eigenvalue weighted by atomic mass is 32.2. The maximum atomic E-state index is 11.0. The summed E-state index contributed by atoms with van der Waals surface area (Å²) in [7, 11) is -14.8. The Morgan fingerprint density at radius 3 is 1.26 bits per heavy atom. The van der Waals surface area contributed by atoms with Gasteiger partial charge in [-0.3, -0.25) is 13.7 Å². The van der Waals surface area contributed by atoms with Crippen molar-refractivity contribution in [2.24, 2.45) is 0 Å². The summed E-state index contributed by atoms with van der Waals surface area (Å²) < 4.78 is 92.4. The fourth-order valence-electron chi connectivity index (χ4n) is 1.32. The first-order chi connectivity index (χ1) is 8.24. The molecule has 0 heterocycles. The SMILES string of the molecule is Cc1c(S(=O)(=O)O)cc(S(=O)(=O)O)cc1S(=O)(=O)O. The maximum absolute atomic E-state index is 11.0. The third kappa shape index (κ3) is 3.49. The van der Waals surface area contributed by atoms with E-state index in [1.165, 1.54) is 0 Å². The zero-order chi connectivity index (χ0) is 15.2. The quantitative estimate of drug-likeness (QED) is 0.632. The fraction of sp³-hybridized carbons (Fsp3) is 0.143. The molecule has 0 fully saturated rings. The van der Waals surface area contributed by atoms with Crippen molar-refractivity contribution in [3.63, 3.8) is 0 Å². The van der Waals surface area contributed by atoms with Crippen molar-refractivity contribution < 1.29 is 38.9 Å². The molecule has 0 aromatic heterocycles. The van der Waals surface area contributed by atoms with E-state index in [0.717, 1.165) is 6.92 Å². The first-order valence-electron chi connectivity index (χ1n) is 4.31. The van der Waals surface area contributed by atoms with Crippen LogP contribution in [0.1, 0.15) is 5.56 Å². The van der Waals surface area contributed by atoms with Crippen LogP contribution < -0.4 is 0 Å². The molecule has 0 aliphatic heterocycles. The number of rotatable bonds is 3. The van der Waals surface area contributed by atoms with Crippen LogP contribution in [-0.4, -0.2) is 38.9 Å². The Morgan fingerprint density at radius 1 is 0.737 bits per heavy atom. The van der Waals surface area contributed by atoms with Gasteiger partial charge in [0, 0.05) is 0 Å². The second kappa shape index (κ2) is 4.50. The van der Waals surface area contributed by atoms with Crippen molar-refractivity contribution in [1.82, 2.24) is 0 Å². The number of hydrogen-bond acceptors (Lipinski definition) is 6. The van der Waals surface area contributed by atoms with Gasteiger partial charge >= 0.3 is 0 Å². The molecule has 1 aromatic rings. The summed E-state index contributed by atoms with van der Waals surface area (Å²) in [6.07, 6.45) is 0. The second-order valence-corrected chi connectivity index (χ2v) is 7.67. The van der Waals surface area contributed by atoms with Gasteiger partial charge < -0.3 is 0 Å². The largest absolute Gasteiger partial charge is 0.294 e. The molecule has 19 heavy (non-hydrogen) atoms. The second-order valence-electron chi connectivity index (χ2n) is 3.47. The number of hydrogen-bond donors (Lipinski definition) is 3. The lowest BCUT2D eigenvalue weighted by molar-refractivity contribution is 0.477. The minimum Gasteiger partial charge on any atom is -0.282 e. The van der Waals surface area contributed by atoms with Gasteiger partial charge in [-0.1, -0.05) is 0 Å². The van der Waals surface area contributed by atoms with Gasteiger partial charge in [-0.05, 0) is 24.6 Å². The first-order valence-corrected chi connectivity index (χ1v) is 8.63. The molecule has 1 aromatic carbocycles. The average Bonchev–Trinajstić information content (AvgIpc) is 2.11. The van der Waals surface area contributed by atoms with E-state index >= 15 is 0 Å². The molecule has 0 amide bonds. The Bertz CT molecular complexity index is 777. The van der Waals surface area contributed by atoms with E-state index in [2.05, 4.69) is 0 Å². The van der Waals surface area contributed by atoms with Gasteiger partial charge in [-0.25, -0.2) is 0 Å². The summed E-state index contributed by atoms with van der Waals surface area (Å²) in [5, 5.41) is 0. The standard InChI is InChI=1S/C7H8O9S3/c1-4-6(18(11,12)13)2-5(17(8,9)10)3-7(4)19(14,15)16/h2-3H,1H3,(H,8,9,10)(H,11,12,13)(H,14,15,16). The summed E-state index contributed by atoms with van der Waals surface area (Å²) in [5.41, 5.74) is -0.586. The Hall–Kier alpha value is -1.05. The van der Waals surface area contributed by atoms with Crippen LogP contribution in [0, 0.1) is 6.92 Å². The summed E-state index contributed by atoms with van der Waals surface area (Å²) in [6.45, 7) is 0.931. The van der Waals surface area contributed by atoms with E-state index in [-0.39, 0.29) is 0 Å². The van der Waals surface area contributed by atoms with Gasteiger partial charge in [0.05, 0.1) is 14.7 Å². The molecule has 0 aliphatic carbocycles. The van der Waals surface area contributed by atoms with Crippen LogP contribution in [0.3, 0.4) is 0 Å². The zero-order valence-electron chi connectivity index (χ0n) is 9.17. The first kappa shape index (κ1) is 16.0. The van der Waals surface area contributed by atoms with Gasteiger partial charge in [-0.2, -0.15) is 25.3 Å². The van der Waals surface area contributed by atoms with Gasteiger partial charge in [0.1, 0.15) is 0 Å². The van der Waals surface area contributed by atoms with Crippen LogP contribution in [-0.2, 0) is 30.4 Å². The monoisotopic (exact) mass is 332 g/mol. The van der Waals surface area contributed by atoms with E-state index < -0.39 is 50.6 Å². The third-order valence-corrected chi connectivity index (χ3v) is 4.93. The molecule has 0 saturated carbocycles. The van der Waals surface area contributed by atoms with Crippen LogP contribution in [0.5, 0.6) is 0 Å². The molecule has 0 radical (unpaired) electrons. The number of benzene rings is 1. The lowest BCUT2D eigenvalue weighted by Crippen LogP contribution is -2.11. The van der Waals surface area contributed by atoms with Gasteiger partial charge in [0.2, 0.25) is 0 Å². The molecule has 9 nitrogen and oxygen atoms in total. The lowest BCUT2D eigenvalue weighted by atomic mass is 10.2. The van der Waals surface area contributed by atoms with Crippen LogP contribution >= 0.6 is 0 Å². The zero-order valence-corrected chi connectivity index (χ0v) is 11.6. The minimum absolute atomic E-state index is 0.370. The van der Waals surface area contributed by atoms with Crippen LogP contribution in [0.15, 0.2) is 26.8 Å². The fourth-order valence-corrected chi connectivity index (χ4v) is 3.62. The van der Waals surface area contributed by atoms with E-state index in [0.29, 0.717) is 12.1 Å². The topological polar surface area (TPSA) is 163 Å². The lowest BCUT2D eigenvalue weighted by Gasteiger charge is -2.09. The molecule has 3 N–H and O–H groups in total. The molecule has 0 saturated heterocycles. The van der Waals surface area contributed by atoms with Crippen LogP contribution in [0.25, 0.3) is 0 Å². The predicted octanol–water partition coefficient (Wildman–Crippen LogP) is -0.265. The molecule has 108 valence electrons. The van der Waals surface area contributed by atoms with Crippen molar-refractivity contribution in [2.75, 3.05) is 0 Å². The highest BCUT2D eigenvalue weighted by molar-refractivity contribution is 7.87. The molecule has 0 unspecified atom stereocenters. The Balaban J connectivity index is 4.00. The molecule has 1 rings (SSSR count). The molecule has 0 atom stereocenters. The van der Waals surface area contributed by atoms with Gasteiger partial charge in [-0.15, -0.1) is 0 Å². The molecule has 12 heteroatoms.